The summed E-state index contributed by atoms with van der Waals surface area (Å²) >= 11 is 0. The van der Waals surface area contributed by atoms with E-state index in [1.807, 2.05) is 18.2 Å². The number of para-hydroxylation sites is 1. The Hall–Kier alpha value is -2.88. The van der Waals surface area contributed by atoms with Gasteiger partial charge < -0.3 is 10.1 Å². The lowest BCUT2D eigenvalue weighted by Gasteiger charge is -2.10. The van der Waals surface area contributed by atoms with Gasteiger partial charge in [-0.1, -0.05) is 30.3 Å². The molecule has 132 valence electrons. The van der Waals surface area contributed by atoms with Crippen LogP contribution in [0.5, 0.6) is 5.75 Å². The van der Waals surface area contributed by atoms with Crippen molar-refractivity contribution in [1.29, 1.82) is 0 Å². The smallest absolute Gasteiger partial charge is 0.257 e. The van der Waals surface area contributed by atoms with Gasteiger partial charge in [-0.05, 0) is 60.6 Å². The van der Waals surface area contributed by atoms with Gasteiger partial charge in [0.2, 0.25) is 0 Å². The minimum Gasteiger partial charge on any atom is -0.484 e. The molecular formula is C22H22N2O2. The molecule has 4 nitrogen and oxygen atoms in total. The molecule has 26 heavy (non-hydrogen) atoms. The first-order valence-electron chi connectivity index (χ1n) is 9.13. The number of fused-ring (bicyclic) bond motifs is 2. The molecule has 1 aliphatic rings. The Morgan fingerprint density at radius 2 is 1.96 bits per heavy atom. The van der Waals surface area contributed by atoms with Crippen LogP contribution in [0.25, 0.3) is 10.9 Å². The Balaban J connectivity index is 1.27. The van der Waals surface area contributed by atoms with Crippen LogP contribution in [0.4, 0.5) is 0 Å². The number of pyridine rings is 1. The second kappa shape index (κ2) is 7.56. The maximum absolute atomic E-state index is 12.1. The number of rotatable bonds is 6. The highest BCUT2D eigenvalue weighted by Crippen LogP contribution is 2.25. The van der Waals surface area contributed by atoms with Crippen molar-refractivity contribution in [3.8, 4) is 5.75 Å². The first kappa shape index (κ1) is 16.6. The van der Waals surface area contributed by atoms with Crippen molar-refractivity contribution in [3.05, 3.63) is 71.4 Å². The average Bonchev–Trinajstić information content (AvgIpc) is 3.14. The third-order valence-corrected chi connectivity index (χ3v) is 4.87. The van der Waals surface area contributed by atoms with Crippen LogP contribution in [0.15, 0.2) is 54.7 Å². The number of amides is 1. The summed E-state index contributed by atoms with van der Waals surface area (Å²) in [6, 6.07) is 16.3. The van der Waals surface area contributed by atoms with E-state index in [2.05, 4.69) is 40.6 Å². The zero-order chi connectivity index (χ0) is 17.8. The number of ether oxygens (including phenoxy) is 1. The molecule has 0 aliphatic heterocycles. The van der Waals surface area contributed by atoms with Gasteiger partial charge in [-0.3, -0.25) is 9.78 Å². The summed E-state index contributed by atoms with van der Waals surface area (Å²) in [5.74, 6) is 0.678. The summed E-state index contributed by atoms with van der Waals surface area (Å²) in [5, 5.41) is 4.05. The van der Waals surface area contributed by atoms with Crippen molar-refractivity contribution in [2.24, 2.45) is 0 Å². The van der Waals surface area contributed by atoms with E-state index < -0.39 is 0 Å². The van der Waals surface area contributed by atoms with E-state index >= 15 is 0 Å². The maximum atomic E-state index is 12.1. The minimum absolute atomic E-state index is 0.0482. The van der Waals surface area contributed by atoms with E-state index in [0.717, 1.165) is 41.5 Å². The van der Waals surface area contributed by atoms with E-state index in [0.29, 0.717) is 6.54 Å². The number of carbonyl (C=O) groups excluding carboxylic acids is 1. The summed E-state index contributed by atoms with van der Waals surface area (Å²) in [7, 11) is 0. The van der Waals surface area contributed by atoms with Gasteiger partial charge in [0.1, 0.15) is 5.75 Å². The molecule has 0 saturated carbocycles. The second-order valence-corrected chi connectivity index (χ2v) is 6.66. The highest BCUT2D eigenvalue weighted by molar-refractivity contribution is 5.81. The zero-order valence-electron chi connectivity index (χ0n) is 14.7. The molecule has 2 aromatic carbocycles. The summed E-state index contributed by atoms with van der Waals surface area (Å²) in [4.78, 5) is 16.5. The number of hydrogen-bond donors (Lipinski definition) is 1. The number of hydrogen-bond acceptors (Lipinski definition) is 3. The first-order chi connectivity index (χ1) is 12.8. The number of aryl methyl sites for hydroxylation is 2. The molecule has 0 spiro atoms. The van der Waals surface area contributed by atoms with Crippen molar-refractivity contribution < 1.29 is 9.53 Å². The molecular weight excluding hydrogens is 324 g/mol. The van der Waals surface area contributed by atoms with Crippen LogP contribution in [0.1, 0.15) is 23.1 Å². The van der Waals surface area contributed by atoms with Crippen molar-refractivity contribution in [2.45, 2.75) is 25.7 Å². The minimum atomic E-state index is -0.0984. The first-order valence-corrected chi connectivity index (χ1v) is 9.13. The van der Waals surface area contributed by atoms with Crippen LogP contribution in [0.3, 0.4) is 0 Å². The van der Waals surface area contributed by atoms with Crippen molar-refractivity contribution in [2.75, 3.05) is 13.2 Å². The summed E-state index contributed by atoms with van der Waals surface area (Å²) in [6.07, 6.45) is 6.02. The molecule has 0 saturated heterocycles. The standard InChI is InChI=1S/C22H22N2O2/c25-21(15-26-20-10-9-16-4-1-7-19(16)14-20)23-13-11-18-6-2-5-17-8-3-12-24-22(17)18/h2-3,5-6,8-10,12,14H,1,4,7,11,13,15H2,(H,23,25). The second-order valence-electron chi connectivity index (χ2n) is 6.66. The average molecular weight is 346 g/mol. The molecule has 0 radical (unpaired) electrons. The molecule has 3 aromatic rings. The van der Waals surface area contributed by atoms with Gasteiger partial charge in [0.25, 0.3) is 5.91 Å². The normalized spacial score (nSPS) is 12.8. The van der Waals surface area contributed by atoms with E-state index in [1.165, 1.54) is 17.5 Å². The van der Waals surface area contributed by atoms with Gasteiger partial charge in [0.15, 0.2) is 6.61 Å². The van der Waals surface area contributed by atoms with Gasteiger partial charge in [0.05, 0.1) is 5.52 Å². The third kappa shape index (κ3) is 3.69. The SMILES string of the molecule is O=C(COc1ccc2c(c1)CCC2)NCCc1cccc2cccnc12. The predicted octanol–water partition coefficient (Wildman–Crippen LogP) is 3.46. The monoisotopic (exact) mass is 346 g/mol. The topological polar surface area (TPSA) is 51.2 Å². The molecule has 1 aliphatic carbocycles. The Labute approximate surface area is 153 Å². The molecule has 1 amide bonds. The molecule has 4 rings (SSSR count). The zero-order valence-corrected chi connectivity index (χ0v) is 14.7. The molecule has 0 fully saturated rings. The van der Waals surface area contributed by atoms with Crippen molar-refractivity contribution >= 4 is 16.8 Å². The fraction of sp³-hybridized carbons (Fsp3) is 0.273. The Bertz CT molecular complexity index is 931. The fourth-order valence-corrected chi connectivity index (χ4v) is 3.54. The lowest BCUT2D eigenvalue weighted by Crippen LogP contribution is -2.30. The molecule has 0 atom stereocenters. The van der Waals surface area contributed by atoms with Crippen LogP contribution >= 0.6 is 0 Å². The van der Waals surface area contributed by atoms with E-state index in [9.17, 15) is 4.79 Å². The molecule has 1 aromatic heterocycles. The summed E-state index contributed by atoms with van der Waals surface area (Å²) in [5.41, 5.74) is 4.90. The number of nitrogens with zero attached hydrogens (tertiary/aromatic N) is 1. The lowest BCUT2D eigenvalue weighted by atomic mass is 10.1. The van der Waals surface area contributed by atoms with E-state index in [4.69, 9.17) is 4.74 Å². The number of carbonyl (C=O) groups is 1. The quantitative estimate of drug-likeness (QED) is 0.744. The third-order valence-electron chi connectivity index (χ3n) is 4.87. The Morgan fingerprint density at radius 1 is 1.08 bits per heavy atom. The summed E-state index contributed by atoms with van der Waals surface area (Å²) < 4.78 is 5.64. The molecule has 0 unspecified atom stereocenters. The molecule has 0 bridgehead atoms. The Kier molecular flexibility index (Phi) is 4.82. The number of aromatic nitrogens is 1. The van der Waals surface area contributed by atoms with Crippen LogP contribution in [0, 0.1) is 0 Å². The molecule has 1 heterocycles. The van der Waals surface area contributed by atoms with Crippen molar-refractivity contribution in [3.63, 3.8) is 0 Å². The largest absolute Gasteiger partial charge is 0.484 e. The number of nitrogens with one attached hydrogen (secondary N) is 1. The van der Waals surface area contributed by atoms with Crippen LogP contribution < -0.4 is 10.1 Å². The predicted molar refractivity (Wildman–Crippen MR) is 102 cm³/mol. The van der Waals surface area contributed by atoms with Crippen LogP contribution in [-0.4, -0.2) is 24.0 Å². The lowest BCUT2D eigenvalue weighted by molar-refractivity contribution is -0.123. The van der Waals surface area contributed by atoms with Gasteiger partial charge in [-0.2, -0.15) is 0 Å². The van der Waals surface area contributed by atoms with Gasteiger partial charge in [0, 0.05) is 18.1 Å². The molecule has 1 N–H and O–H groups in total. The van der Waals surface area contributed by atoms with Gasteiger partial charge >= 0.3 is 0 Å². The maximum Gasteiger partial charge on any atom is 0.257 e. The van der Waals surface area contributed by atoms with E-state index in [1.54, 1.807) is 6.20 Å². The highest BCUT2D eigenvalue weighted by Gasteiger charge is 2.12. The van der Waals surface area contributed by atoms with Gasteiger partial charge in [-0.25, -0.2) is 0 Å². The highest BCUT2D eigenvalue weighted by atomic mass is 16.5. The van der Waals surface area contributed by atoms with Gasteiger partial charge in [-0.15, -0.1) is 0 Å². The Morgan fingerprint density at radius 3 is 2.92 bits per heavy atom. The van der Waals surface area contributed by atoms with E-state index in [-0.39, 0.29) is 12.5 Å². The molecule has 4 heteroatoms. The fourth-order valence-electron chi connectivity index (χ4n) is 3.54. The number of benzene rings is 2. The van der Waals surface area contributed by atoms with Crippen LogP contribution in [0.2, 0.25) is 0 Å². The summed E-state index contributed by atoms with van der Waals surface area (Å²) in [6.45, 7) is 0.620. The van der Waals surface area contributed by atoms with Crippen LogP contribution in [-0.2, 0) is 24.1 Å². The van der Waals surface area contributed by atoms with Crippen molar-refractivity contribution in [1.82, 2.24) is 10.3 Å².